The monoisotopic (exact) mass is 280 g/mol. The van der Waals surface area contributed by atoms with Gasteiger partial charge in [-0.25, -0.2) is 0 Å². The van der Waals surface area contributed by atoms with E-state index in [9.17, 15) is 0 Å². The van der Waals surface area contributed by atoms with Gasteiger partial charge in [0.1, 0.15) is 0 Å². The van der Waals surface area contributed by atoms with Crippen molar-refractivity contribution < 1.29 is 0 Å². The maximum atomic E-state index is 6.39. The molecule has 100 valence electrons. The van der Waals surface area contributed by atoms with E-state index >= 15 is 0 Å². The van der Waals surface area contributed by atoms with Crippen LogP contribution in [0.2, 0.25) is 0 Å². The molecule has 0 saturated carbocycles. The second-order valence-corrected chi connectivity index (χ2v) is 6.46. The van der Waals surface area contributed by atoms with Crippen LogP contribution in [-0.2, 0) is 6.42 Å². The minimum atomic E-state index is 0.0763. The zero-order valence-corrected chi connectivity index (χ0v) is 11.9. The molecule has 0 bridgehead atoms. The molecule has 2 aromatic heterocycles. The third kappa shape index (κ3) is 1.94. The van der Waals surface area contributed by atoms with Crippen molar-refractivity contribution >= 4 is 21.6 Å². The minimum Gasteiger partial charge on any atom is -0.324 e. The van der Waals surface area contributed by atoms with Gasteiger partial charge in [0.15, 0.2) is 0 Å². The van der Waals surface area contributed by atoms with Crippen LogP contribution in [0.15, 0.2) is 48.0 Å². The van der Waals surface area contributed by atoms with Crippen molar-refractivity contribution in [1.82, 2.24) is 4.98 Å². The van der Waals surface area contributed by atoms with Gasteiger partial charge < -0.3 is 5.73 Å². The first-order chi connectivity index (χ1) is 9.81. The summed E-state index contributed by atoms with van der Waals surface area (Å²) in [6.07, 6.45) is 4.11. The maximum absolute atomic E-state index is 6.39. The van der Waals surface area contributed by atoms with Gasteiger partial charge in [-0.3, -0.25) is 4.98 Å². The van der Waals surface area contributed by atoms with Crippen LogP contribution in [-0.4, -0.2) is 4.98 Å². The first-order valence-corrected chi connectivity index (χ1v) is 7.86. The largest absolute Gasteiger partial charge is 0.324 e. The van der Waals surface area contributed by atoms with Gasteiger partial charge in [-0.2, -0.15) is 0 Å². The molecule has 1 aromatic carbocycles. The van der Waals surface area contributed by atoms with Crippen molar-refractivity contribution in [2.75, 3.05) is 0 Å². The quantitative estimate of drug-likeness (QED) is 0.787. The number of thiophene rings is 1. The summed E-state index contributed by atoms with van der Waals surface area (Å²) in [6.45, 7) is 0. The predicted molar refractivity (Wildman–Crippen MR) is 84.1 cm³/mol. The molecule has 2 heterocycles. The molecule has 0 amide bonds. The Labute approximate surface area is 122 Å². The van der Waals surface area contributed by atoms with Crippen molar-refractivity contribution in [3.05, 3.63) is 64.7 Å². The van der Waals surface area contributed by atoms with Crippen LogP contribution in [0.5, 0.6) is 0 Å². The van der Waals surface area contributed by atoms with Gasteiger partial charge in [-0.05, 0) is 53.0 Å². The van der Waals surface area contributed by atoms with Crippen LogP contribution >= 0.6 is 11.3 Å². The fourth-order valence-electron chi connectivity index (χ4n) is 3.08. The van der Waals surface area contributed by atoms with Crippen LogP contribution in [0, 0.1) is 0 Å². The summed E-state index contributed by atoms with van der Waals surface area (Å²) in [5, 5.41) is 2.08. The molecule has 0 saturated heterocycles. The van der Waals surface area contributed by atoms with E-state index in [2.05, 4.69) is 46.8 Å². The summed E-state index contributed by atoms with van der Waals surface area (Å²) in [4.78, 5) is 4.49. The highest BCUT2D eigenvalue weighted by Crippen LogP contribution is 2.40. The molecule has 0 spiro atoms. The lowest BCUT2D eigenvalue weighted by Gasteiger charge is -2.32. The van der Waals surface area contributed by atoms with Crippen molar-refractivity contribution in [2.24, 2.45) is 5.73 Å². The number of fused-ring (bicyclic) bond motifs is 2. The molecular formula is C17H16N2S. The first kappa shape index (κ1) is 12.1. The summed E-state index contributed by atoms with van der Waals surface area (Å²) in [5.41, 5.74) is 11.6. The third-order valence-corrected chi connectivity index (χ3v) is 5.10. The van der Waals surface area contributed by atoms with Gasteiger partial charge in [0.05, 0.1) is 10.2 Å². The van der Waals surface area contributed by atoms with Crippen LogP contribution in [0.4, 0.5) is 0 Å². The van der Waals surface area contributed by atoms with Crippen molar-refractivity contribution in [3.8, 4) is 0 Å². The Kier molecular flexibility index (Phi) is 2.83. The summed E-state index contributed by atoms with van der Waals surface area (Å²) in [7, 11) is 0. The van der Waals surface area contributed by atoms with E-state index in [1.54, 1.807) is 11.3 Å². The van der Waals surface area contributed by atoms with E-state index in [0.717, 1.165) is 17.5 Å². The normalized spacial score (nSPS) is 18.6. The van der Waals surface area contributed by atoms with Gasteiger partial charge in [0, 0.05) is 12.2 Å². The lowest BCUT2D eigenvalue weighted by molar-refractivity contribution is 0.498. The highest BCUT2D eigenvalue weighted by atomic mass is 32.1. The number of hydrogen-bond donors (Lipinski definition) is 1. The average Bonchev–Trinajstić information content (AvgIpc) is 2.92. The van der Waals surface area contributed by atoms with E-state index < -0.39 is 0 Å². The Morgan fingerprint density at radius 3 is 3.10 bits per heavy atom. The maximum Gasteiger partial charge on any atom is 0.0809 e. The number of rotatable bonds is 3. The number of benzene rings is 1. The summed E-state index contributed by atoms with van der Waals surface area (Å²) >= 11 is 1.73. The highest BCUT2D eigenvalue weighted by molar-refractivity contribution is 7.17. The fraction of sp³-hybridized carbons (Fsp3) is 0.235. The molecule has 20 heavy (non-hydrogen) atoms. The molecule has 3 aromatic rings. The number of pyridine rings is 1. The second kappa shape index (κ2) is 4.69. The molecule has 2 N–H and O–H groups in total. The van der Waals surface area contributed by atoms with Crippen molar-refractivity contribution in [3.63, 3.8) is 0 Å². The third-order valence-electron chi connectivity index (χ3n) is 4.25. The minimum absolute atomic E-state index is 0.0763. The fourth-order valence-corrected chi connectivity index (χ4v) is 3.87. The molecule has 1 aliphatic carbocycles. The highest BCUT2D eigenvalue weighted by Gasteiger charge is 2.27. The Bertz CT molecular complexity index is 762. The number of nitrogens with zero attached hydrogens (tertiary/aromatic N) is 1. The Morgan fingerprint density at radius 1 is 1.30 bits per heavy atom. The lowest BCUT2D eigenvalue weighted by atomic mass is 9.74. The van der Waals surface area contributed by atoms with Gasteiger partial charge in [0.2, 0.25) is 0 Å². The Morgan fingerprint density at radius 2 is 2.20 bits per heavy atom. The topological polar surface area (TPSA) is 38.9 Å². The van der Waals surface area contributed by atoms with E-state index in [0.29, 0.717) is 5.92 Å². The predicted octanol–water partition coefficient (Wildman–Crippen LogP) is 4.03. The van der Waals surface area contributed by atoms with E-state index in [1.807, 2.05) is 6.20 Å². The van der Waals surface area contributed by atoms with E-state index in [4.69, 9.17) is 5.73 Å². The molecule has 1 aliphatic rings. The molecule has 4 rings (SSSR count). The zero-order chi connectivity index (χ0) is 13.5. The van der Waals surface area contributed by atoms with Gasteiger partial charge in [-0.1, -0.05) is 24.3 Å². The molecular weight excluding hydrogens is 264 g/mol. The zero-order valence-electron chi connectivity index (χ0n) is 11.1. The van der Waals surface area contributed by atoms with E-state index in [-0.39, 0.29) is 6.04 Å². The van der Waals surface area contributed by atoms with Crippen LogP contribution in [0.3, 0.4) is 0 Å². The summed E-state index contributed by atoms with van der Waals surface area (Å²) in [5.74, 6) is 0.611. The molecule has 2 atom stereocenters. The van der Waals surface area contributed by atoms with Gasteiger partial charge in [0.25, 0.3) is 0 Å². The van der Waals surface area contributed by atoms with Crippen LogP contribution < -0.4 is 5.73 Å². The van der Waals surface area contributed by atoms with E-state index in [1.165, 1.54) is 22.2 Å². The van der Waals surface area contributed by atoms with Crippen molar-refractivity contribution in [1.29, 1.82) is 0 Å². The van der Waals surface area contributed by atoms with Crippen LogP contribution in [0.25, 0.3) is 10.2 Å². The van der Waals surface area contributed by atoms with Crippen LogP contribution in [0.1, 0.15) is 35.1 Å². The van der Waals surface area contributed by atoms with Gasteiger partial charge in [-0.15, -0.1) is 11.3 Å². The smallest absolute Gasteiger partial charge is 0.0809 e. The second-order valence-electron chi connectivity index (χ2n) is 5.51. The van der Waals surface area contributed by atoms with Crippen molar-refractivity contribution in [2.45, 2.75) is 24.8 Å². The molecule has 2 nitrogen and oxygen atoms in total. The first-order valence-electron chi connectivity index (χ1n) is 6.98. The molecule has 0 radical (unpaired) electrons. The summed E-state index contributed by atoms with van der Waals surface area (Å²) in [6, 6.07) is 13.0. The average molecular weight is 280 g/mol. The Balaban J connectivity index is 1.55. The Hall–Kier alpha value is -1.71. The number of aromatic nitrogens is 1. The lowest BCUT2D eigenvalue weighted by Crippen LogP contribution is -2.22. The molecule has 3 heteroatoms. The number of nitrogens with two attached hydrogens (primary N) is 1. The molecule has 0 fully saturated rings. The molecule has 0 aliphatic heterocycles. The SMILES string of the molecule is NC(CC1Cc2ccccc21)c1cnc2ccsc2c1. The standard InChI is InChI=1S/C17H16N2S/c18-15(8-12-7-11-3-1-2-4-14(11)12)13-9-17-16(19-10-13)5-6-20-17/h1-6,9-10,12,15H,7-8,18H2. The molecule has 2 unspecified atom stereocenters. The number of hydrogen-bond acceptors (Lipinski definition) is 3. The summed E-state index contributed by atoms with van der Waals surface area (Å²) < 4.78 is 1.23. The van der Waals surface area contributed by atoms with Gasteiger partial charge >= 0.3 is 0 Å².